The van der Waals surface area contributed by atoms with Crippen molar-refractivity contribution < 1.29 is 14.7 Å². The first-order chi connectivity index (χ1) is 8.58. The fourth-order valence-corrected chi connectivity index (χ4v) is 2.06. The highest BCUT2D eigenvalue weighted by Gasteiger charge is 2.18. The largest absolute Gasteiger partial charge is 0.478 e. The summed E-state index contributed by atoms with van der Waals surface area (Å²) in [6, 6.07) is 5.03. The van der Waals surface area contributed by atoms with Crippen LogP contribution in [-0.2, 0) is 4.79 Å². The molecule has 0 aromatic heterocycles. The van der Waals surface area contributed by atoms with E-state index in [1.165, 1.54) is 0 Å². The molecule has 0 aliphatic carbocycles. The second-order valence-electron chi connectivity index (χ2n) is 4.40. The van der Waals surface area contributed by atoms with Gasteiger partial charge >= 0.3 is 5.97 Å². The maximum absolute atomic E-state index is 11.0. The van der Waals surface area contributed by atoms with Crippen molar-refractivity contribution in [1.29, 1.82) is 0 Å². The Kier molecular flexibility index (Phi) is 3.50. The number of hydrogen-bond acceptors (Lipinski definition) is 4. The maximum Gasteiger partial charge on any atom is 0.335 e. The predicted molar refractivity (Wildman–Crippen MR) is 69.4 cm³/mol. The molecule has 0 atom stereocenters. The van der Waals surface area contributed by atoms with Gasteiger partial charge in [-0.05, 0) is 25.1 Å². The topological polar surface area (TPSA) is 69.6 Å². The summed E-state index contributed by atoms with van der Waals surface area (Å²) in [5.74, 6) is -0.766. The number of rotatable bonds is 4. The number of nitrogens with one attached hydrogen (secondary N) is 1. The number of ketones is 1. The first kappa shape index (κ1) is 12.4. The van der Waals surface area contributed by atoms with Crippen LogP contribution in [0.15, 0.2) is 18.2 Å². The number of carboxylic acids is 1. The van der Waals surface area contributed by atoms with Crippen molar-refractivity contribution >= 4 is 23.1 Å². The molecule has 2 rings (SSSR count). The minimum absolute atomic E-state index is 0.164. The third kappa shape index (κ3) is 2.61. The molecule has 96 valence electrons. The zero-order valence-corrected chi connectivity index (χ0v) is 10.3. The first-order valence-corrected chi connectivity index (χ1v) is 5.93. The monoisotopic (exact) mass is 248 g/mol. The van der Waals surface area contributed by atoms with Gasteiger partial charge in [-0.2, -0.15) is 0 Å². The molecule has 0 unspecified atom stereocenters. The van der Waals surface area contributed by atoms with Gasteiger partial charge in [0.05, 0.1) is 16.9 Å². The van der Waals surface area contributed by atoms with E-state index in [9.17, 15) is 9.59 Å². The van der Waals surface area contributed by atoms with Crippen LogP contribution in [0.25, 0.3) is 0 Å². The molecule has 1 aromatic carbocycles. The standard InChI is InChI=1S/C13H16N2O3/c1-9(16)4-6-15-7-5-14-11-8-10(13(17)18)2-3-12(11)15/h2-3,8,14H,4-7H2,1H3,(H,17,18). The van der Waals surface area contributed by atoms with E-state index in [-0.39, 0.29) is 11.3 Å². The van der Waals surface area contributed by atoms with Crippen molar-refractivity contribution in [2.75, 3.05) is 29.9 Å². The molecule has 1 heterocycles. The summed E-state index contributed by atoms with van der Waals surface area (Å²) in [7, 11) is 0. The number of Topliss-reactive ketones (excluding diaryl/α,β-unsaturated/α-hetero) is 1. The van der Waals surface area contributed by atoms with Crippen molar-refractivity contribution in [2.24, 2.45) is 0 Å². The predicted octanol–water partition coefficient (Wildman–Crippen LogP) is 1.60. The third-order valence-corrected chi connectivity index (χ3v) is 3.02. The summed E-state index contributed by atoms with van der Waals surface area (Å²) in [5.41, 5.74) is 2.06. The number of anilines is 2. The number of nitrogens with zero attached hydrogens (tertiary/aromatic N) is 1. The lowest BCUT2D eigenvalue weighted by molar-refractivity contribution is -0.116. The summed E-state index contributed by atoms with van der Waals surface area (Å²) >= 11 is 0. The molecule has 5 heteroatoms. The molecule has 18 heavy (non-hydrogen) atoms. The fraction of sp³-hybridized carbons (Fsp3) is 0.385. The molecule has 0 saturated heterocycles. The molecular formula is C13H16N2O3. The van der Waals surface area contributed by atoms with E-state index in [0.29, 0.717) is 13.0 Å². The average molecular weight is 248 g/mol. The SMILES string of the molecule is CC(=O)CCN1CCNc2cc(C(=O)O)ccc21. The number of benzene rings is 1. The third-order valence-electron chi connectivity index (χ3n) is 3.02. The molecule has 2 N–H and O–H groups in total. The minimum atomic E-state index is -0.930. The maximum atomic E-state index is 11.0. The van der Waals surface area contributed by atoms with Crippen LogP contribution in [0.5, 0.6) is 0 Å². The summed E-state index contributed by atoms with van der Waals surface area (Å²) in [5, 5.41) is 12.1. The lowest BCUT2D eigenvalue weighted by Gasteiger charge is -2.32. The highest BCUT2D eigenvalue weighted by molar-refractivity contribution is 5.91. The number of carbonyl (C=O) groups excluding carboxylic acids is 1. The van der Waals surface area contributed by atoms with Gasteiger partial charge in [0, 0.05) is 26.1 Å². The van der Waals surface area contributed by atoms with Gasteiger partial charge in [0.2, 0.25) is 0 Å². The molecular weight excluding hydrogens is 232 g/mol. The van der Waals surface area contributed by atoms with Crippen LogP contribution in [0, 0.1) is 0 Å². The van der Waals surface area contributed by atoms with Crippen molar-refractivity contribution in [3.63, 3.8) is 0 Å². The van der Waals surface area contributed by atoms with Crippen molar-refractivity contribution in [1.82, 2.24) is 0 Å². The molecule has 0 bridgehead atoms. The van der Waals surface area contributed by atoms with E-state index in [2.05, 4.69) is 10.2 Å². The van der Waals surface area contributed by atoms with Crippen LogP contribution in [-0.4, -0.2) is 36.5 Å². The van der Waals surface area contributed by atoms with Crippen LogP contribution in [0.3, 0.4) is 0 Å². The second-order valence-corrected chi connectivity index (χ2v) is 4.40. The summed E-state index contributed by atoms with van der Waals surface area (Å²) in [4.78, 5) is 24.0. The Morgan fingerprint density at radius 1 is 1.44 bits per heavy atom. The quantitative estimate of drug-likeness (QED) is 0.847. The Labute approximate surface area is 105 Å². The van der Waals surface area contributed by atoms with Crippen LogP contribution >= 0.6 is 0 Å². The highest BCUT2D eigenvalue weighted by Crippen LogP contribution is 2.30. The zero-order chi connectivity index (χ0) is 13.1. The molecule has 1 aliphatic heterocycles. The van der Waals surface area contributed by atoms with Gasteiger partial charge < -0.3 is 15.3 Å². The Morgan fingerprint density at radius 3 is 2.89 bits per heavy atom. The summed E-state index contributed by atoms with van der Waals surface area (Å²) in [6.45, 7) is 3.84. The average Bonchev–Trinajstić information content (AvgIpc) is 2.35. The van der Waals surface area contributed by atoms with E-state index in [1.807, 2.05) is 0 Å². The highest BCUT2D eigenvalue weighted by atomic mass is 16.4. The molecule has 5 nitrogen and oxygen atoms in total. The van der Waals surface area contributed by atoms with Crippen LogP contribution in [0.4, 0.5) is 11.4 Å². The van der Waals surface area contributed by atoms with Gasteiger partial charge in [0.1, 0.15) is 5.78 Å². The number of carbonyl (C=O) groups is 2. The Morgan fingerprint density at radius 2 is 2.22 bits per heavy atom. The van der Waals surface area contributed by atoms with E-state index in [1.54, 1.807) is 25.1 Å². The molecule has 1 aliphatic rings. The van der Waals surface area contributed by atoms with Crippen LogP contribution in [0.2, 0.25) is 0 Å². The van der Waals surface area contributed by atoms with E-state index >= 15 is 0 Å². The molecule has 1 aromatic rings. The fourth-order valence-electron chi connectivity index (χ4n) is 2.06. The lowest BCUT2D eigenvalue weighted by atomic mass is 10.1. The first-order valence-electron chi connectivity index (χ1n) is 5.93. The number of carboxylic acid groups (broad SMARTS) is 1. The van der Waals surface area contributed by atoms with Gasteiger partial charge in [-0.1, -0.05) is 0 Å². The van der Waals surface area contributed by atoms with Crippen LogP contribution in [0.1, 0.15) is 23.7 Å². The zero-order valence-electron chi connectivity index (χ0n) is 10.3. The van der Waals surface area contributed by atoms with Crippen molar-refractivity contribution in [2.45, 2.75) is 13.3 Å². The number of hydrogen-bond donors (Lipinski definition) is 2. The minimum Gasteiger partial charge on any atom is -0.478 e. The van der Waals surface area contributed by atoms with E-state index in [4.69, 9.17) is 5.11 Å². The lowest BCUT2D eigenvalue weighted by Crippen LogP contribution is -2.35. The molecule has 0 amide bonds. The van der Waals surface area contributed by atoms with E-state index < -0.39 is 5.97 Å². The number of fused-ring (bicyclic) bond motifs is 1. The Bertz CT molecular complexity index is 485. The van der Waals surface area contributed by atoms with Crippen molar-refractivity contribution in [3.05, 3.63) is 23.8 Å². The summed E-state index contributed by atoms with van der Waals surface area (Å²) in [6.07, 6.45) is 0.514. The van der Waals surface area contributed by atoms with Gasteiger partial charge in [0.25, 0.3) is 0 Å². The normalized spacial score (nSPS) is 13.7. The van der Waals surface area contributed by atoms with Crippen LogP contribution < -0.4 is 10.2 Å². The molecule has 0 spiro atoms. The van der Waals surface area contributed by atoms with Crippen molar-refractivity contribution in [3.8, 4) is 0 Å². The second kappa shape index (κ2) is 5.08. The van der Waals surface area contributed by atoms with Gasteiger partial charge in [0.15, 0.2) is 0 Å². The molecule has 0 radical (unpaired) electrons. The smallest absolute Gasteiger partial charge is 0.335 e. The van der Waals surface area contributed by atoms with Gasteiger partial charge in [-0.3, -0.25) is 4.79 Å². The van der Waals surface area contributed by atoms with Gasteiger partial charge in [-0.25, -0.2) is 4.79 Å². The number of aromatic carboxylic acids is 1. The Hall–Kier alpha value is -2.04. The van der Waals surface area contributed by atoms with Gasteiger partial charge in [-0.15, -0.1) is 0 Å². The Balaban J connectivity index is 2.21. The summed E-state index contributed by atoms with van der Waals surface area (Å²) < 4.78 is 0. The molecule has 0 saturated carbocycles. The van der Waals surface area contributed by atoms with E-state index in [0.717, 1.165) is 24.5 Å². The molecule has 0 fully saturated rings.